The number of carboxylic acids is 1. The number of hydrogen-bond donors (Lipinski definition) is 2. The van der Waals surface area contributed by atoms with Crippen LogP contribution in [-0.2, 0) is 14.3 Å². The fraction of sp³-hybridized carbons (Fsp3) is 0.867. The topological polar surface area (TPSA) is 75.6 Å². The van der Waals surface area contributed by atoms with Gasteiger partial charge in [0.05, 0.1) is 5.92 Å². The van der Waals surface area contributed by atoms with Crippen molar-refractivity contribution in [2.24, 2.45) is 5.92 Å². The molecule has 0 aromatic heterocycles. The third-order valence-corrected chi connectivity index (χ3v) is 3.90. The quantitative estimate of drug-likeness (QED) is 0.556. The van der Waals surface area contributed by atoms with Crippen molar-refractivity contribution in [1.29, 1.82) is 0 Å². The number of rotatable bonds is 7. The molecule has 5 heteroatoms. The van der Waals surface area contributed by atoms with E-state index in [-0.39, 0.29) is 11.9 Å². The highest BCUT2D eigenvalue weighted by molar-refractivity contribution is 5.81. The first kappa shape index (κ1) is 17.0. The molecule has 1 aliphatic rings. The maximum absolute atomic E-state index is 12.1. The highest BCUT2D eigenvalue weighted by Crippen LogP contribution is 2.24. The van der Waals surface area contributed by atoms with Crippen LogP contribution in [0, 0.1) is 5.92 Å². The number of carboxylic acid groups (broad SMARTS) is 1. The van der Waals surface area contributed by atoms with Crippen molar-refractivity contribution in [3.8, 4) is 0 Å². The van der Waals surface area contributed by atoms with E-state index in [0.717, 1.165) is 38.5 Å². The molecule has 0 aromatic carbocycles. The lowest BCUT2D eigenvalue weighted by molar-refractivity contribution is -0.144. The molecule has 2 N–H and O–H groups in total. The van der Waals surface area contributed by atoms with Gasteiger partial charge in [-0.3, -0.25) is 9.59 Å². The van der Waals surface area contributed by atoms with Crippen LogP contribution >= 0.6 is 0 Å². The first-order valence-corrected chi connectivity index (χ1v) is 7.71. The van der Waals surface area contributed by atoms with Crippen molar-refractivity contribution in [3.63, 3.8) is 0 Å². The lowest BCUT2D eigenvalue weighted by atomic mass is 9.94. The Labute approximate surface area is 121 Å². The summed E-state index contributed by atoms with van der Waals surface area (Å²) in [6.45, 7) is 4.35. The molecule has 1 fully saturated rings. The smallest absolute Gasteiger partial charge is 0.308 e. The van der Waals surface area contributed by atoms with E-state index in [4.69, 9.17) is 4.74 Å². The largest absolute Gasteiger partial charge is 0.481 e. The Balaban J connectivity index is 2.50. The van der Waals surface area contributed by atoms with Gasteiger partial charge in [-0.15, -0.1) is 0 Å². The summed E-state index contributed by atoms with van der Waals surface area (Å²) < 4.78 is 5.45. The Morgan fingerprint density at radius 2 is 2.00 bits per heavy atom. The average Bonchev–Trinajstić information content (AvgIpc) is 2.64. The molecule has 0 bridgehead atoms. The molecule has 0 saturated heterocycles. The van der Waals surface area contributed by atoms with E-state index in [1.54, 1.807) is 6.92 Å². The van der Waals surface area contributed by atoms with Crippen LogP contribution in [0.5, 0.6) is 0 Å². The van der Waals surface area contributed by atoms with Gasteiger partial charge >= 0.3 is 5.97 Å². The normalized spacial score (nSPS) is 24.7. The van der Waals surface area contributed by atoms with E-state index in [2.05, 4.69) is 12.2 Å². The SMILES string of the molecule is CCCCOC(C)C(=O)N[C@H]1CCCCC[C@H]1C(=O)O. The lowest BCUT2D eigenvalue weighted by Gasteiger charge is -2.24. The van der Waals surface area contributed by atoms with Crippen molar-refractivity contribution >= 4 is 11.9 Å². The van der Waals surface area contributed by atoms with Crippen LogP contribution in [0.4, 0.5) is 0 Å². The second kappa shape index (κ2) is 8.95. The molecule has 1 aliphatic carbocycles. The summed E-state index contributed by atoms with van der Waals surface area (Å²) in [6, 6.07) is -0.264. The fourth-order valence-electron chi connectivity index (χ4n) is 2.56. The van der Waals surface area contributed by atoms with E-state index < -0.39 is 18.0 Å². The van der Waals surface area contributed by atoms with E-state index in [0.29, 0.717) is 13.0 Å². The second-order valence-corrected chi connectivity index (χ2v) is 5.56. The van der Waals surface area contributed by atoms with Gasteiger partial charge in [-0.25, -0.2) is 0 Å². The Morgan fingerprint density at radius 3 is 2.65 bits per heavy atom. The number of hydrogen-bond acceptors (Lipinski definition) is 3. The third kappa shape index (κ3) is 5.49. The summed E-state index contributed by atoms with van der Waals surface area (Å²) in [5, 5.41) is 12.1. The van der Waals surface area contributed by atoms with Gasteiger partial charge in [0.25, 0.3) is 0 Å². The molecular weight excluding hydrogens is 258 g/mol. The predicted octanol–water partition coefficient (Wildman–Crippen LogP) is 2.34. The van der Waals surface area contributed by atoms with Gasteiger partial charge < -0.3 is 15.2 Å². The van der Waals surface area contributed by atoms with Crippen molar-refractivity contribution in [2.75, 3.05) is 6.61 Å². The molecule has 5 nitrogen and oxygen atoms in total. The van der Waals surface area contributed by atoms with Crippen LogP contribution in [-0.4, -0.2) is 35.7 Å². The zero-order valence-electron chi connectivity index (χ0n) is 12.6. The molecule has 0 spiro atoms. The molecule has 1 saturated carbocycles. The molecule has 0 aliphatic heterocycles. The first-order valence-electron chi connectivity index (χ1n) is 7.71. The van der Waals surface area contributed by atoms with Gasteiger partial charge in [-0.1, -0.05) is 32.6 Å². The highest BCUT2D eigenvalue weighted by Gasteiger charge is 2.31. The number of carbonyl (C=O) groups excluding carboxylic acids is 1. The first-order chi connectivity index (χ1) is 9.56. The Hall–Kier alpha value is -1.10. The number of amides is 1. The average molecular weight is 285 g/mol. The third-order valence-electron chi connectivity index (χ3n) is 3.90. The molecule has 1 unspecified atom stereocenters. The van der Waals surface area contributed by atoms with E-state index in [1.807, 2.05) is 0 Å². The van der Waals surface area contributed by atoms with E-state index in [9.17, 15) is 14.7 Å². The predicted molar refractivity (Wildman–Crippen MR) is 76.5 cm³/mol. The van der Waals surface area contributed by atoms with Gasteiger partial charge in [0.1, 0.15) is 6.10 Å². The van der Waals surface area contributed by atoms with Crippen molar-refractivity contribution in [1.82, 2.24) is 5.32 Å². The van der Waals surface area contributed by atoms with Crippen molar-refractivity contribution in [2.45, 2.75) is 70.9 Å². The Morgan fingerprint density at radius 1 is 1.30 bits per heavy atom. The standard InChI is InChI=1S/C15H27NO4/c1-3-4-10-20-11(2)14(17)16-13-9-7-5-6-8-12(13)15(18)19/h11-13H,3-10H2,1-2H3,(H,16,17)(H,18,19)/t11?,12-,13+/m1/s1. The summed E-state index contributed by atoms with van der Waals surface area (Å²) in [5.74, 6) is -1.47. The van der Waals surface area contributed by atoms with Crippen LogP contribution in [0.1, 0.15) is 58.8 Å². The Bertz CT molecular complexity index is 319. The zero-order chi connectivity index (χ0) is 15.0. The summed E-state index contributed by atoms with van der Waals surface area (Å²) in [4.78, 5) is 23.4. The maximum atomic E-state index is 12.1. The number of unbranched alkanes of at least 4 members (excludes halogenated alkanes) is 1. The summed E-state index contributed by atoms with van der Waals surface area (Å²) in [5.41, 5.74) is 0. The fourth-order valence-corrected chi connectivity index (χ4v) is 2.56. The molecule has 116 valence electrons. The monoisotopic (exact) mass is 285 g/mol. The van der Waals surface area contributed by atoms with E-state index in [1.165, 1.54) is 0 Å². The molecule has 0 radical (unpaired) electrons. The van der Waals surface area contributed by atoms with Crippen LogP contribution in [0.25, 0.3) is 0 Å². The highest BCUT2D eigenvalue weighted by atomic mass is 16.5. The number of carbonyl (C=O) groups is 2. The lowest BCUT2D eigenvalue weighted by Crippen LogP contribution is -2.46. The van der Waals surface area contributed by atoms with Gasteiger partial charge in [-0.05, 0) is 26.2 Å². The summed E-state index contributed by atoms with van der Waals surface area (Å²) in [7, 11) is 0. The van der Waals surface area contributed by atoms with Gasteiger partial charge in [-0.2, -0.15) is 0 Å². The molecular formula is C15H27NO4. The molecule has 1 amide bonds. The van der Waals surface area contributed by atoms with Crippen LogP contribution in [0.3, 0.4) is 0 Å². The minimum atomic E-state index is -0.809. The summed E-state index contributed by atoms with van der Waals surface area (Å²) >= 11 is 0. The number of nitrogens with one attached hydrogen (secondary N) is 1. The van der Waals surface area contributed by atoms with Gasteiger partial charge in [0, 0.05) is 12.6 Å². The van der Waals surface area contributed by atoms with Crippen molar-refractivity contribution < 1.29 is 19.4 Å². The number of aliphatic carboxylic acids is 1. The van der Waals surface area contributed by atoms with Crippen LogP contribution in [0.2, 0.25) is 0 Å². The van der Waals surface area contributed by atoms with Crippen LogP contribution < -0.4 is 5.32 Å². The summed E-state index contributed by atoms with van der Waals surface area (Å²) in [6.07, 6.45) is 5.76. The Kier molecular flexibility index (Phi) is 7.59. The van der Waals surface area contributed by atoms with Gasteiger partial charge in [0.15, 0.2) is 0 Å². The molecule has 3 atom stereocenters. The van der Waals surface area contributed by atoms with Crippen LogP contribution in [0.15, 0.2) is 0 Å². The maximum Gasteiger partial charge on any atom is 0.308 e. The molecule has 0 heterocycles. The van der Waals surface area contributed by atoms with E-state index >= 15 is 0 Å². The molecule has 0 aromatic rings. The molecule has 1 rings (SSSR count). The number of ether oxygens (including phenoxy) is 1. The second-order valence-electron chi connectivity index (χ2n) is 5.56. The minimum Gasteiger partial charge on any atom is -0.481 e. The minimum absolute atomic E-state index is 0.195. The molecule has 20 heavy (non-hydrogen) atoms. The van der Waals surface area contributed by atoms with Crippen molar-refractivity contribution in [3.05, 3.63) is 0 Å². The van der Waals surface area contributed by atoms with Gasteiger partial charge in [0.2, 0.25) is 5.91 Å². The zero-order valence-corrected chi connectivity index (χ0v) is 12.6.